The summed E-state index contributed by atoms with van der Waals surface area (Å²) in [5.41, 5.74) is 0.896. The largest absolute Gasteiger partial charge is 0.377 e. The minimum atomic E-state index is 0.225. The number of aromatic nitrogens is 3. The summed E-state index contributed by atoms with van der Waals surface area (Å²) >= 11 is 3.45. The maximum absolute atomic E-state index is 5.67. The highest BCUT2D eigenvalue weighted by atomic mass is 79.9. The number of ether oxygens (including phenoxy) is 1. The Bertz CT molecular complexity index is 556. The van der Waals surface area contributed by atoms with Crippen LogP contribution >= 0.6 is 15.9 Å². The molecule has 96 valence electrons. The predicted octanol–water partition coefficient (Wildman–Crippen LogP) is 2.11. The summed E-state index contributed by atoms with van der Waals surface area (Å²) in [5, 5.41) is 0. The lowest BCUT2D eigenvalue weighted by atomic mass is 10.3. The molecule has 1 aliphatic rings. The van der Waals surface area contributed by atoms with Crippen LogP contribution in [0.1, 0.15) is 13.3 Å². The van der Waals surface area contributed by atoms with Crippen molar-refractivity contribution in [3.8, 4) is 0 Å². The van der Waals surface area contributed by atoms with Gasteiger partial charge in [0.05, 0.1) is 6.10 Å². The molecule has 1 saturated heterocycles. The van der Waals surface area contributed by atoms with E-state index in [9.17, 15) is 0 Å². The third-order valence-electron chi connectivity index (χ3n) is 3.08. The molecule has 3 rings (SSSR count). The van der Waals surface area contributed by atoms with Crippen LogP contribution in [-0.2, 0) is 4.74 Å². The van der Waals surface area contributed by atoms with E-state index in [1.54, 1.807) is 6.20 Å². The number of rotatable bonds is 1. The highest BCUT2D eigenvalue weighted by Crippen LogP contribution is 2.22. The molecule has 2 aromatic heterocycles. The van der Waals surface area contributed by atoms with Gasteiger partial charge in [-0.1, -0.05) is 0 Å². The fraction of sp³-hybridized carbons (Fsp3) is 0.500. The molecular weight excluding hydrogens is 296 g/mol. The van der Waals surface area contributed by atoms with Gasteiger partial charge in [-0.25, -0.2) is 9.97 Å². The van der Waals surface area contributed by atoms with Gasteiger partial charge in [-0.3, -0.25) is 0 Å². The van der Waals surface area contributed by atoms with Crippen LogP contribution in [0.15, 0.2) is 23.2 Å². The van der Waals surface area contributed by atoms with Crippen molar-refractivity contribution in [1.82, 2.24) is 14.4 Å². The van der Waals surface area contributed by atoms with Crippen LogP contribution in [0.25, 0.3) is 5.65 Å². The molecule has 6 heteroatoms. The molecule has 0 N–H and O–H groups in total. The third kappa shape index (κ3) is 2.22. The first kappa shape index (κ1) is 11.9. The molecule has 0 spiro atoms. The van der Waals surface area contributed by atoms with E-state index in [0.717, 1.165) is 42.2 Å². The van der Waals surface area contributed by atoms with Gasteiger partial charge in [-0.15, -0.1) is 0 Å². The van der Waals surface area contributed by atoms with Crippen molar-refractivity contribution in [1.29, 1.82) is 0 Å². The average Bonchev–Trinajstić information content (AvgIpc) is 2.69. The van der Waals surface area contributed by atoms with E-state index in [0.29, 0.717) is 0 Å². The summed E-state index contributed by atoms with van der Waals surface area (Å²) in [6.45, 7) is 4.72. The minimum absolute atomic E-state index is 0.225. The Kier molecular flexibility index (Phi) is 3.22. The van der Waals surface area contributed by atoms with Gasteiger partial charge >= 0.3 is 0 Å². The Morgan fingerprint density at radius 3 is 3.28 bits per heavy atom. The molecule has 0 aromatic carbocycles. The van der Waals surface area contributed by atoms with E-state index >= 15 is 0 Å². The first-order valence-electron chi connectivity index (χ1n) is 6.10. The molecule has 1 fully saturated rings. The van der Waals surface area contributed by atoms with Gasteiger partial charge in [0.15, 0.2) is 11.5 Å². The van der Waals surface area contributed by atoms with Crippen molar-refractivity contribution >= 4 is 27.4 Å². The van der Waals surface area contributed by atoms with Crippen LogP contribution in [0.5, 0.6) is 0 Å². The number of nitrogens with zero attached hydrogens (tertiary/aromatic N) is 4. The molecule has 1 aliphatic heterocycles. The Morgan fingerprint density at radius 2 is 2.39 bits per heavy atom. The predicted molar refractivity (Wildman–Crippen MR) is 72.9 cm³/mol. The number of hydrogen-bond donors (Lipinski definition) is 0. The molecule has 18 heavy (non-hydrogen) atoms. The fourth-order valence-electron chi connectivity index (χ4n) is 2.28. The zero-order valence-corrected chi connectivity index (χ0v) is 11.8. The summed E-state index contributed by atoms with van der Waals surface area (Å²) < 4.78 is 8.48. The monoisotopic (exact) mass is 310 g/mol. The van der Waals surface area contributed by atoms with Gasteiger partial charge in [0.25, 0.3) is 0 Å². The quantitative estimate of drug-likeness (QED) is 0.809. The average molecular weight is 311 g/mol. The summed E-state index contributed by atoms with van der Waals surface area (Å²) in [6.07, 6.45) is 6.89. The van der Waals surface area contributed by atoms with Crippen molar-refractivity contribution in [3.05, 3.63) is 23.2 Å². The smallest absolute Gasteiger partial charge is 0.180 e. The van der Waals surface area contributed by atoms with Crippen LogP contribution in [0.4, 0.5) is 5.82 Å². The first-order valence-corrected chi connectivity index (χ1v) is 6.89. The number of hydrogen-bond acceptors (Lipinski definition) is 4. The van der Waals surface area contributed by atoms with Gasteiger partial charge in [0.1, 0.15) is 4.60 Å². The maximum atomic E-state index is 5.67. The lowest BCUT2D eigenvalue weighted by Crippen LogP contribution is -2.31. The van der Waals surface area contributed by atoms with Gasteiger partial charge in [-0.05, 0) is 29.3 Å². The molecule has 0 saturated carbocycles. The first-order chi connectivity index (χ1) is 8.74. The number of anilines is 1. The lowest BCUT2D eigenvalue weighted by Gasteiger charge is -2.23. The van der Waals surface area contributed by atoms with Gasteiger partial charge < -0.3 is 14.0 Å². The standard InChI is InChI=1S/C12H15BrN4O/c1-9-7-16(4-2-6-18-9)12-11-14-3-5-17(11)8-10(13)15-12/h3,5,8-9H,2,4,6-7H2,1H3. The van der Waals surface area contributed by atoms with Crippen molar-refractivity contribution in [2.24, 2.45) is 0 Å². The molecule has 1 unspecified atom stereocenters. The van der Waals surface area contributed by atoms with Gasteiger partial charge in [0.2, 0.25) is 0 Å². The van der Waals surface area contributed by atoms with E-state index in [1.165, 1.54) is 0 Å². The third-order valence-corrected chi connectivity index (χ3v) is 3.46. The van der Waals surface area contributed by atoms with E-state index in [-0.39, 0.29) is 6.10 Å². The highest BCUT2D eigenvalue weighted by Gasteiger charge is 2.19. The van der Waals surface area contributed by atoms with Crippen LogP contribution in [0, 0.1) is 0 Å². The Morgan fingerprint density at radius 1 is 1.50 bits per heavy atom. The Balaban J connectivity index is 2.03. The summed E-state index contributed by atoms with van der Waals surface area (Å²) in [4.78, 5) is 11.2. The molecular formula is C12H15BrN4O. The van der Waals surface area contributed by atoms with Crippen molar-refractivity contribution < 1.29 is 4.74 Å². The van der Waals surface area contributed by atoms with Gasteiger partial charge in [0, 0.05) is 38.3 Å². The van der Waals surface area contributed by atoms with Crippen molar-refractivity contribution in [3.63, 3.8) is 0 Å². The minimum Gasteiger partial charge on any atom is -0.377 e. The molecule has 0 aliphatic carbocycles. The lowest BCUT2D eigenvalue weighted by molar-refractivity contribution is 0.0820. The van der Waals surface area contributed by atoms with E-state index < -0.39 is 0 Å². The van der Waals surface area contributed by atoms with Crippen molar-refractivity contribution in [2.45, 2.75) is 19.4 Å². The van der Waals surface area contributed by atoms with Gasteiger partial charge in [-0.2, -0.15) is 0 Å². The molecule has 0 amide bonds. The highest BCUT2D eigenvalue weighted by molar-refractivity contribution is 9.10. The summed E-state index contributed by atoms with van der Waals surface area (Å²) in [6, 6.07) is 0. The zero-order valence-electron chi connectivity index (χ0n) is 10.2. The van der Waals surface area contributed by atoms with E-state index in [1.807, 2.05) is 16.8 Å². The second kappa shape index (κ2) is 4.85. The van der Waals surface area contributed by atoms with E-state index in [4.69, 9.17) is 4.74 Å². The fourth-order valence-corrected chi connectivity index (χ4v) is 2.67. The second-order valence-corrected chi connectivity index (χ2v) is 5.34. The zero-order chi connectivity index (χ0) is 12.5. The second-order valence-electron chi connectivity index (χ2n) is 4.53. The molecule has 0 bridgehead atoms. The Hall–Kier alpha value is -1.14. The molecule has 2 aromatic rings. The summed E-state index contributed by atoms with van der Waals surface area (Å²) in [7, 11) is 0. The normalized spacial score (nSPS) is 21.2. The maximum Gasteiger partial charge on any atom is 0.180 e. The molecule has 5 nitrogen and oxygen atoms in total. The summed E-state index contributed by atoms with van der Waals surface area (Å²) in [5.74, 6) is 0.923. The van der Waals surface area contributed by atoms with Crippen LogP contribution < -0.4 is 4.90 Å². The topological polar surface area (TPSA) is 42.7 Å². The molecule has 3 heterocycles. The molecule has 1 atom stereocenters. The van der Waals surface area contributed by atoms with Crippen LogP contribution in [0.3, 0.4) is 0 Å². The Labute approximate surface area is 114 Å². The van der Waals surface area contributed by atoms with Crippen molar-refractivity contribution in [2.75, 3.05) is 24.6 Å². The SMILES string of the molecule is CC1CN(c2nc(Br)cn3ccnc23)CCCO1. The number of halogens is 1. The number of fused-ring (bicyclic) bond motifs is 1. The molecule has 0 radical (unpaired) electrons. The number of imidazole rings is 1. The van der Waals surface area contributed by atoms with Crippen LogP contribution in [-0.4, -0.2) is 40.2 Å². The van der Waals surface area contributed by atoms with E-state index in [2.05, 4.69) is 37.7 Å². The van der Waals surface area contributed by atoms with Crippen LogP contribution in [0.2, 0.25) is 0 Å².